The largest absolute Gasteiger partial charge is 0.491 e. The molecule has 0 spiro atoms. The third kappa shape index (κ3) is 5.15. The van der Waals surface area contributed by atoms with Gasteiger partial charge in [0.15, 0.2) is 0 Å². The fraction of sp³-hybridized carbons (Fsp3) is 0.538. The van der Waals surface area contributed by atoms with E-state index >= 15 is 0 Å². The summed E-state index contributed by atoms with van der Waals surface area (Å²) in [7, 11) is 0. The van der Waals surface area contributed by atoms with Crippen LogP contribution in [0.25, 0.3) is 0 Å². The van der Waals surface area contributed by atoms with Crippen molar-refractivity contribution in [3.8, 4) is 5.75 Å². The molecule has 17 heavy (non-hydrogen) atoms. The van der Waals surface area contributed by atoms with Gasteiger partial charge in [-0.25, -0.2) is 4.39 Å². The van der Waals surface area contributed by atoms with E-state index in [-0.39, 0.29) is 11.9 Å². The maximum Gasteiger partial charge on any atom is 0.123 e. The van der Waals surface area contributed by atoms with Crippen molar-refractivity contribution in [3.63, 3.8) is 0 Å². The number of hydrogen-bond acceptors (Lipinski definition) is 3. The Bertz CT molecular complexity index is 342. The topological polar surface area (TPSA) is 44.5 Å². The van der Waals surface area contributed by atoms with Gasteiger partial charge in [0.2, 0.25) is 0 Å². The molecule has 2 N–H and O–H groups in total. The van der Waals surface area contributed by atoms with E-state index in [2.05, 4.69) is 0 Å². The van der Waals surface area contributed by atoms with E-state index < -0.39 is 0 Å². The molecular formula is C13H20FNO2. The second kappa shape index (κ2) is 7.25. The molecule has 3 nitrogen and oxygen atoms in total. The minimum absolute atomic E-state index is 0.0222. The highest BCUT2D eigenvalue weighted by molar-refractivity contribution is 5.34. The second-order valence-corrected chi connectivity index (χ2v) is 3.98. The van der Waals surface area contributed by atoms with E-state index in [1.54, 1.807) is 6.07 Å². The first kappa shape index (κ1) is 13.9. The Morgan fingerprint density at radius 2 is 2.12 bits per heavy atom. The van der Waals surface area contributed by atoms with Crippen LogP contribution in [0.1, 0.15) is 19.4 Å². The van der Waals surface area contributed by atoms with E-state index in [0.717, 1.165) is 5.56 Å². The van der Waals surface area contributed by atoms with Crippen LogP contribution in [0.3, 0.4) is 0 Å². The van der Waals surface area contributed by atoms with Gasteiger partial charge in [0, 0.05) is 12.6 Å². The molecule has 0 bridgehead atoms. The third-order valence-corrected chi connectivity index (χ3v) is 2.25. The van der Waals surface area contributed by atoms with E-state index in [0.29, 0.717) is 32.0 Å². The van der Waals surface area contributed by atoms with Crippen molar-refractivity contribution in [2.75, 3.05) is 19.8 Å². The van der Waals surface area contributed by atoms with Crippen molar-refractivity contribution in [1.82, 2.24) is 0 Å². The number of nitrogens with two attached hydrogens (primary N) is 1. The van der Waals surface area contributed by atoms with E-state index in [1.165, 1.54) is 12.1 Å². The molecule has 4 heteroatoms. The number of benzene rings is 1. The third-order valence-electron chi connectivity index (χ3n) is 2.25. The highest BCUT2D eigenvalue weighted by atomic mass is 19.1. The van der Waals surface area contributed by atoms with Gasteiger partial charge in [-0.05, 0) is 44.0 Å². The molecule has 1 rings (SSSR count). The van der Waals surface area contributed by atoms with Crippen LogP contribution < -0.4 is 10.5 Å². The zero-order chi connectivity index (χ0) is 12.7. The summed E-state index contributed by atoms with van der Waals surface area (Å²) >= 11 is 0. The fourth-order valence-corrected chi connectivity index (χ4v) is 1.55. The van der Waals surface area contributed by atoms with Gasteiger partial charge in [-0.2, -0.15) is 0 Å². The number of halogens is 1. The van der Waals surface area contributed by atoms with Crippen LogP contribution in [-0.2, 0) is 11.2 Å². The average molecular weight is 241 g/mol. The van der Waals surface area contributed by atoms with Crippen LogP contribution in [0, 0.1) is 5.82 Å². The molecule has 1 atom stereocenters. The molecule has 0 fully saturated rings. The first-order valence-corrected chi connectivity index (χ1v) is 5.88. The summed E-state index contributed by atoms with van der Waals surface area (Å²) in [4.78, 5) is 0. The number of hydrogen-bond donors (Lipinski definition) is 1. The molecule has 0 aromatic heterocycles. The van der Waals surface area contributed by atoms with Crippen molar-refractivity contribution >= 4 is 0 Å². The molecule has 0 aliphatic carbocycles. The lowest BCUT2D eigenvalue weighted by Gasteiger charge is -2.13. The Morgan fingerprint density at radius 3 is 2.76 bits per heavy atom. The van der Waals surface area contributed by atoms with Gasteiger partial charge in [-0.1, -0.05) is 0 Å². The number of ether oxygens (including phenoxy) is 2. The van der Waals surface area contributed by atoms with Crippen LogP contribution in [0.15, 0.2) is 18.2 Å². The summed E-state index contributed by atoms with van der Waals surface area (Å²) < 4.78 is 23.8. The Kier molecular flexibility index (Phi) is 5.94. The summed E-state index contributed by atoms with van der Waals surface area (Å²) in [6.07, 6.45) is 0.599. The zero-order valence-electron chi connectivity index (χ0n) is 10.4. The summed E-state index contributed by atoms with van der Waals surface area (Å²) in [5, 5.41) is 0. The van der Waals surface area contributed by atoms with Gasteiger partial charge in [0.25, 0.3) is 0 Å². The molecule has 0 amide bonds. The standard InChI is InChI=1S/C13H20FNO2/c1-3-16-6-7-17-13-5-4-12(14)9-11(13)8-10(2)15/h4-5,9-10H,3,6-8,15H2,1-2H3. The highest BCUT2D eigenvalue weighted by Crippen LogP contribution is 2.21. The molecule has 0 heterocycles. The lowest BCUT2D eigenvalue weighted by Crippen LogP contribution is -2.18. The Hall–Kier alpha value is -1.13. The summed E-state index contributed by atoms with van der Waals surface area (Å²) in [6.45, 7) is 5.48. The van der Waals surface area contributed by atoms with Crippen molar-refractivity contribution in [1.29, 1.82) is 0 Å². The van der Waals surface area contributed by atoms with E-state index in [4.69, 9.17) is 15.2 Å². The van der Waals surface area contributed by atoms with Crippen LogP contribution in [0.2, 0.25) is 0 Å². The van der Waals surface area contributed by atoms with Crippen LogP contribution in [-0.4, -0.2) is 25.9 Å². The smallest absolute Gasteiger partial charge is 0.123 e. The first-order chi connectivity index (χ1) is 8.13. The maximum atomic E-state index is 13.1. The molecule has 96 valence electrons. The van der Waals surface area contributed by atoms with Crippen LogP contribution >= 0.6 is 0 Å². The summed E-state index contributed by atoms with van der Waals surface area (Å²) in [5.41, 5.74) is 6.52. The van der Waals surface area contributed by atoms with Crippen molar-refractivity contribution < 1.29 is 13.9 Å². The SMILES string of the molecule is CCOCCOc1ccc(F)cc1CC(C)N. The van der Waals surface area contributed by atoms with Crippen LogP contribution in [0.5, 0.6) is 5.75 Å². The van der Waals surface area contributed by atoms with Crippen molar-refractivity contribution in [2.24, 2.45) is 5.73 Å². The summed E-state index contributed by atoms with van der Waals surface area (Å²) in [5.74, 6) is 0.418. The Morgan fingerprint density at radius 1 is 1.35 bits per heavy atom. The normalized spacial score (nSPS) is 12.5. The lowest BCUT2D eigenvalue weighted by atomic mass is 10.1. The molecule has 0 aliphatic heterocycles. The average Bonchev–Trinajstić information content (AvgIpc) is 2.26. The quantitative estimate of drug-likeness (QED) is 0.744. The van der Waals surface area contributed by atoms with Gasteiger partial charge in [0.1, 0.15) is 18.2 Å². The van der Waals surface area contributed by atoms with E-state index in [1.807, 2.05) is 13.8 Å². The molecule has 0 radical (unpaired) electrons. The van der Waals surface area contributed by atoms with Crippen LogP contribution in [0.4, 0.5) is 4.39 Å². The minimum Gasteiger partial charge on any atom is -0.491 e. The van der Waals surface area contributed by atoms with Gasteiger partial charge >= 0.3 is 0 Å². The fourth-order valence-electron chi connectivity index (χ4n) is 1.55. The molecule has 1 aromatic carbocycles. The van der Waals surface area contributed by atoms with Crippen molar-refractivity contribution in [2.45, 2.75) is 26.3 Å². The zero-order valence-corrected chi connectivity index (χ0v) is 10.4. The molecular weight excluding hydrogens is 221 g/mol. The second-order valence-electron chi connectivity index (χ2n) is 3.98. The van der Waals surface area contributed by atoms with E-state index in [9.17, 15) is 4.39 Å². The van der Waals surface area contributed by atoms with Gasteiger partial charge in [-0.3, -0.25) is 0 Å². The Labute approximate surface area is 102 Å². The predicted octanol–water partition coefficient (Wildman–Crippen LogP) is 2.13. The molecule has 1 aromatic rings. The summed E-state index contributed by atoms with van der Waals surface area (Å²) in [6, 6.07) is 4.48. The monoisotopic (exact) mass is 241 g/mol. The lowest BCUT2D eigenvalue weighted by molar-refractivity contribution is 0.110. The minimum atomic E-state index is -0.266. The Balaban J connectivity index is 2.62. The molecule has 0 aliphatic rings. The van der Waals surface area contributed by atoms with Gasteiger partial charge in [-0.15, -0.1) is 0 Å². The van der Waals surface area contributed by atoms with Gasteiger partial charge < -0.3 is 15.2 Å². The molecule has 0 saturated carbocycles. The number of rotatable bonds is 7. The first-order valence-electron chi connectivity index (χ1n) is 5.88. The maximum absolute atomic E-state index is 13.1. The molecule has 0 saturated heterocycles. The van der Waals surface area contributed by atoms with Crippen molar-refractivity contribution in [3.05, 3.63) is 29.6 Å². The highest BCUT2D eigenvalue weighted by Gasteiger charge is 2.07. The molecule has 1 unspecified atom stereocenters. The predicted molar refractivity (Wildman–Crippen MR) is 65.7 cm³/mol. The van der Waals surface area contributed by atoms with Gasteiger partial charge in [0.05, 0.1) is 6.61 Å².